The number of anilines is 1. The Morgan fingerprint density at radius 3 is 2.73 bits per heavy atom. The van der Waals surface area contributed by atoms with Crippen molar-refractivity contribution in [2.45, 2.75) is 62.7 Å². The number of morpholine rings is 1. The fourth-order valence-corrected chi connectivity index (χ4v) is 8.15. The normalized spacial score (nSPS) is 25.2. The summed E-state index contributed by atoms with van der Waals surface area (Å²) < 4.78 is 28.8. The van der Waals surface area contributed by atoms with E-state index in [-0.39, 0.29) is 33.9 Å². The maximum Gasteiger partial charge on any atom is 0.319 e. The molecule has 2 N–H and O–H groups in total. The Bertz CT molecular complexity index is 1700. The van der Waals surface area contributed by atoms with E-state index in [0.29, 0.717) is 41.5 Å². The standard InChI is InChI=1S/C34H37ClFN5O3/c35-29-15-28-32(31(36)30(29)27-14-25(42)13-20-5-1-2-8-26(20)27)38-34(39-33(28)41-17-21-6-3-7-22(41)16-37-21)44-12-4-11-40-23-9-10-24(40)19-43-18-23/h1-2,5,8,13-15,21-24,37,42H,3-4,6-7,9-12,16-19H2. The van der Waals surface area contributed by atoms with Gasteiger partial charge in [0, 0.05) is 54.8 Å². The number of halogens is 2. The molecule has 9 rings (SSSR count). The minimum atomic E-state index is -0.542. The van der Waals surface area contributed by atoms with Crippen LogP contribution in [0, 0.1) is 5.82 Å². The third kappa shape index (κ3) is 5.04. The highest BCUT2D eigenvalue weighted by Crippen LogP contribution is 2.43. The number of ether oxygens (including phenoxy) is 2. The lowest BCUT2D eigenvalue weighted by atomic mass is 9.96. The van der Waals surface area contributed by atoms with E-state index in [2.05, 4.69) is 20.1 Å². The quantitative estimate of drug-likeness (QED) is 0.248. The van der Waals surface area contributed by atoms with E-state index in [4.69, 9.17) is 26.1 Å². The van der Waals surface area contributed by atoms with Crippen LogP contribution in [0.4, 0.5) is 10.2 Å². The zero-order valence-electron chi connectivity index (χ0n) is 24.6. The number of phenols is 1. The number of aromatic hydroxyl groups is 1. The smallest absolute Gasteiger partial charge is 0.319 e. The van der Waals surface area contributed by atoms with Gasteiger partial charge in [0.25, 0.3) is 0 Å². The van der Waals surface area contributed by atoms with Crippen molar-refractivity contribution in [2.24, 2.45) is 0 Å². The molecule has 4 atom stereocenters. The van der Waals surface area contributed by atoms with E-state index < -0.39 is 5.82 Å². The van der Waals surface area contributed by atoms with Crippen LogP contribution in [0.1, 0.15) is 38.5 Å². The Kier molecular flexibility index (Phi) is 7.45. The van der Waals surface area contributed by atoms with Gasteiger partial charge in [0.1, 0.15) is 17.1 Å². The Balaban J connectivity index is 1.18. The molecule has 0 amide bonds. The largest absolute Gasteiger partial charge is 0.508 e. The number of nitrogens with zero attached hydrogens (tertiary/aromatic N) is 4. The second kappa shape index (κ2) is 11.6. The van der Waals surface area contributed by atoms with Gasteiger partial charge in [-0.25, -0.2) is 4.39 Å². The van der Waals surface area contributed by atoms with Crippen molar-refractivity contribution in [2.75, 3.05) is 44.4 Å². The zero-order valence-corrected chi connectivity index (χ0v) is 25.4. The van der Waals surface area contributed by atoms with Crippen molar-refractivity contribution in [3.05, 3.63) is 53.3 Å². The first kappa shape index (κ1) is 28.2. The SMILES string of the molecule is Oc1cc(-c2c(Cl)cc3c(N4CC5CCCC4CN5)nc(OCCCN4C5CCC4COC5)nc3c2F)c2ccccc2c1. The summed E-state index contributed by atoms with van der Waals surface area (Å²) >= 11 is 6.91. The number of rotatable bonds is 7. The first-order chi connectivity index (χ1) is 21.5. The summed E-state index contributed by atoms with van der Waals surface area (Å²) in [5.41, 5.74) is 0.908. The maximum atomic E-state index is 16.8. The molecule has 5 fully saturated rings. The molecule has 5 aliphatic rings. The molecule has 230 valence electrons. The summed E-state index contributed by atoms with van der Waals surface area (Å²) in [6.45, 7) is 4.63. The fraction of sp³-hybridized carbons (Fsp3) is 0.471. The molecule has 6 heterocycles. The summed E-state index contributed by atoms with van der Waals surface area (Å²) in [7, 11) is 0. The molecule has 44 heavy (non-hydrogen) atoms. The molecule has 5 saturated heterocycles. The lowest BCUT2D eigenvalue weighted by Gasteiger charge is -2.38. The van der Waals surface area contributed by atoms with Crippen LogP contribution in [0.5, 0.6) is 11.8 Å². The summed E-state index contributed by atoms with van der Waals surface area (Å²) in [5.74, 6) is 0.172. The zero-order chi connectivity index (χ0) is 29.8. The minimum Gasteiger partial charge on any atom is -0.508 e. The summed E-state index contributed by atoms with van der Waals surface area (Å²) in [5, 5.41) is 16.6. The molecule has 0 saturated carbocycles. The van der Waals surface area contributed by atoms with Gasteiger partial charge in [-0.05, 0) is 73.1 Å². The third-order valence-corrected chi connectivity index (χ3v) is 10.3. The predicted octanol–water partition coefficient (Wildman–Crippen LogP) is 5.91. The summed E-state index contributed by atoms with van der Waals surface area (Å²) in [6.07, 6.45) is 6.48. The number of nitrogens with one attached hydrogen (secondary N) is 1. The van der Waals surface area contributed by atoms with Gasteiger partial charge in [-0.1, -0.05) is 35.9 Å². The molecule has 0 aliphatic carbocycles. The number of phenolic OH excluding ortho intramolecular Hbond substituents is 1. The van der Waals surface area contributed by atoms with E-state index in [9.17, 15) is 5.11 Å². The van der Waals surface area contributed by atoms with Crippen molar-refractivity contribution in [3.8, 4) is 22.9 Å². The highest BCUT2D eigenvalue weighted by atomic mass is 35.5. The monoisotopic (exact) mass is 617 g/mol. The average molecular weight is 618 g/mol. The predicted molar refractivity (Wildman–Crippen MR) is 170 cm³/mol. The van der Waals surface area contributed by atoms with Crippen LogP contribution in [0.2, 0.25) is 5.02 Å². The number of fused-ring (bicyclic) bond motifs is 8. The lowest BCUT2D eigenvalue weighted by molar-refractivity contribution is -0.0161. The Morgan fingerprint density at radius 1 is 1.02 bits per heavy atom. The third-order valence-electron chi connectivity index (χ3n) is 10.0. The highest BCUT2D eigenvalue weighted by molar-refractivity contribution is 6.35. The molecular formula is C34H37ClFN5O3. The molecule has 0 radical (unpaired) electrons. The van der Waals surface area contributed by atoms with E-state index in [1.54, 1.807) is 18.2 Å². The van der Waals surface area contributed by atoms with Gasteiger partial charge >= 0.3 is 6.01 Å². The molecule has 1 aromatic heterocycles. The van der Waals surface area contributed by atoms with Crippen molar-refractivity contribution in [1.82, 2.24) is 20.2 Å². The molecule has 5 aliphatic heterocycles. The van der Waals surface area contributed by atoms with E-state index in [1.165, 1.54) is 12.8 Å². The van der Waals surface area contributed by atoms with Crippen LogP contribution >= 0.6 is 11.6 Å². The van der Waals surface area contributed by atoms with Crippen molar-refractivity contribution in [1.29, 1.82) is 0 Å². The maximum absolute atomic E-state index is 16.8. The van der Waals surface area contributed by atoms with Crippen molar-refractivity contribution >= 4 is 39.1 Å². The Morgan fingerprint density at radius 2 is 1.86 bits per heavy atom. The van der Waals surface area contributed by atoms with Gasteiger partial charge in [0.2, 0.25) is 0 Å². The van der Waals surface area contributed by atoms with Gasteiger partial charge in [0.05, 0.1) is 24.8 Å². The molecule has 10 heteroatoms. The van der Waals surface area contributed by atoms with Crippen LogP contribution in [-0.2, 0) is 4.74 Å². The van der Waals surface area contributed by atoms with Crippen LogP contribution in [0.15, 0.2) is 42.5 Å². The molecule has 8 nitrogen and oxygen atoms in total. The lowest BCUT2D eigenvalue weighted by Crippen LogP contribution is -2.54. The summed E-state index contributed by atoms with van der Waals surface area (Å²) in [6, 6.07) is 14.4. The van der Waals surface area contributed by atoms with Crippen LogP contribution < -0.4 is 15.0 Å². The van der Waals surface area contributed by atoms with Crippen molar-refractivity contribution in [3.63, 3.8) is 0 Å². The van der Waals surface area contributed by atoms with E-state index in [0.717, 1.165) is 69.3 Å². The van der Waals surface area contributed by atoms with Crippen LogP contribution in [0.3, 0.4) is 0 Å². The number of hydrogen-bond donors (Lipinski definition) is 2. The molecule has 0 spiro atoms. The fourth-order valence-electron chi connectivity index (χ4n) is 7.85. The van der Waals surface area contributed by atoms with Crippen LogP contribution in [0.25, 0.3) is 32.8 Å². The minimum absolute atomic E-state index is 0.0449. The first-order valence-corrected chi connectivity index (χ1v) is 16.3. The Hall–Kier alpha value is -3.24. The number of hydrogen-bond acceptors (Lipinski definition) is 8. The van der Waals surface area contributed by atoms with Gasteiger partial charge < -0.3 is 24.8 Å². The average Bonchev–Trinajstić information content (AvgIpc) is 3.26. The van der Waals surface area contributed by atoms with Gasteiger partial charge in [-0.3, -0.25) is 4.90 Å². The second-order valence-corrected chi connectivity index (χ2v) is 13.1. The van der Waals surface area contributed by atoms with Gasteiger partial charge in [-0.2, -0.15) is 9.97 Å². The van der Waals surface area contributed by atoms with E-state index >= 15 is 4.39 Å². The number of aromatic nitrogens is 2. The number of benzene rings is 3. The molecular weight excluding hydrogens is 581 g/mol. The molecule has 3 aromatic carbocycles. The topological polar surface area (TPSA) is 83.0 Å². The van der Waals surface area contributed by atoms with Gasteiger partial charge in [-0.15, -0.1) is 0 Å². The van der Waals surface area contributed by atoms with Crippen molar-refractivity contribution < 1.29 is 19.0 Å². The van der Waals surface area contributed by atoms with E-state index in [1.807, 2.05) is 24.3 Å². The molecule has 4 aromatic rings. The van der Waals surface area contributed by atoms with Gasteiger partial charge in [0.15, 0.2) is 5.82 Å². The van der Waals surface area contributed by atoms with Crippen LogP contribution in [-0.4, -0.2) is 83.6 Å². The first-order valence-electron chi connectivity index (χ1n) is 15.9. The Labute approximate surface area is 261 Å². The second-order valence-electron chi connectivity index (χ2n) is 12.7. The highest BCUT2D eigenvalue weighted by Gasteiger charge is 2.37. The molecule has 4 bridgehead atoms. The number of piperazine rings is 1. The summed E-state index contributed by atoms with van der Waals surface area (Å²) in [4.78, 5) is 14.4. The molecule has 4 unspecified atom stereocenters.